The Bertz CT molecular complexity index is 233. The normalized spacial score (nSPS) is 14.1. The van der Waals surface area contributed by atoms with E-state index in [1.807, 2.05) is 0 Å². The molecule has 66 valence electrons. The lowest BCUT2D eigenvalue weighted by molar-refractivity contribution is -0.142. The molecular weight excluding hydrogens is 174 g/mol. The molecule has 0 heterocycles. The van der Waals surface area contributed by atoms with Gasteiger partial charge in [0.1, 0.15) is 0 Å². The van der Waals surface area contributed by atoms with Crippen LogP contribution in [-0.4, -0.2) is 30.9 Å². The van der Waals surface area contributed by atoms with E-state index in [9.17, 15) is 13.2 Å². The first-order valence-corrected chi connectivity index (χ1v) is 4.22. The minimum atomic E-state index is -4.38. The molecule has 0 radical (unpaired) electrons. The third-order valence-electron chi connectivity index (χ3n) is 0.822. The SMILES string of the molecule is CC(=O)OC(CN)S(=O)(=O)O. The van der Waals surface area contributed by atoms with Crippen molar-refractivity contribution in [2.45, 2.75) is 12.4 Å². The molecule has 0 fully saturated rings. The highest BCUT2D eigenvalue weighted by Gasteiger charge is 2.23. The maximum atomic E-state index is 10.3. The van der Waals surface area contributed by atoms with E-state index in [0.29, 0.717) is 0 Å². The van der Waals surface area contributed by atoms with Gasteiger partial charge in [-0.05, 0) is 0 Å². The maximum Gasteiger partial charge on any atom is 0.304 e. The molecule has 0 amide bonds. The Morgan fingerprint density at radius 1 is 1.73 bits per heavy atom. The Kier molecular flexibility index (Phi) is 3.43. The highest BCUT2D eigenvalue weighted by molar-refractivity contribution is 7.86. The average Bonchev–Trinajstić information content (AvgIpc) is 1.79. The summed E-state index contributed by atoms with van der Waals surface area (Å²) in [7, 11) is -4.38. The van der Waals surface area contributed by atoms with Crippen LogP contribution in [0.25, 0.3) is 0 Å². The zero-order chi connectivity index (χ0) is 9.07. The molecule has 0 aromatic carbocycles. The molecule has 3 N–H and O–H groups in total. The lowest BCUT2D eigenvalue weighted by Crippen LogP contribution is -2.33. The fraction of sp³-hybridized carbons (Fsp3) is 0.750. The van der Waals surface area contributed by atoms with Crippen molar-refractivity contribution in [3.63, 3.8) is 0 Å². The number of ether oxygens (including phenoxy) is 1. The van der Waals surface area contributed by atoms with E-state index >= 15 is 0 Å². The van der Waals surface area contributed by atoms with E-state index in [1.165, 1.54) is 0 Å². The van der Waals surface area contributed by atoms with Crippen LogP contribution in [0.5, 0.6) is 0 Å². The van der Waals surface area contributed by atoms with Crippen LogP contribution in [0, 0.1) is 0 Å². The average molecular weight is 183 g/mol. The van der Waals surface area contributed by atoms with Crippen molar-refractivity contribution in [2.24, 2.45) is 5.73 Å². The van der Waals surface area contributed by atoms with Crippen molar-refractivity contribution in [1.82, 2.24) is 0 Å². The zero-order valence-corrected chi connectivity index (χ0v) is 6.67. The van der Waals surface area contributed by atoms with Crippen LogP contribution in [0.3, 0.4) is 0 Å². The second-order valence-electron chi connectivity index (χ2n) is 1.79. The summed E-state index contributed by atoms with van der Waals surface area (Å²) in [4.78, 5) is 10.2. The Balaban J connectivity index is 4.31. The Morgan fingerprint density at radius 2 is 2.18 bits per heavy atom. The lowest BCUT2D eigenvalue weighted by atomic mass is 10.7. The molecule has 0 spiro atoms. The first-order chi connectivity index (χ1) is 4.88. The van der Waals surface area contributed by atoms with Gasteiger partial charge in [-0.1, -0.05) is 0 Å². The second-order valence-corrected chi connectivity index (χ2v) is 3.35. The topological polar surface area (TPSA) is 107 Å². The van der Waals surface area contributed by atoms with Crippen molar-refractivity contribution in [2.75, 3.05) is 6.54 Å². The number of hydrogen-bond acceptors (Lipinski definition) is 5. The summed E-state index contributed by atoms with van der Waals surface area (Å²) < 4.78 is 33.1. The van der Waals surface area contributed by atoms with Gasteiger partial charge in [-0.25, -0.2) is 0 Å². The first-order valence-electron chi connectivity index (χ1n) is 2.71. The number of carbonyl (C=O) groups is 1. The van der Waals surface area contributed by atoms with Gasteiger partial charge in [0.2, 0.25) is 5.44 Å². The van der Waals surface area contributed by atoms with Gasteiger partial charge in [0.15, 0.2) is 0 Å². The molecular formula is C4H9NO5S. The van der Waals surface area contributed by atoms with E-state index in [4.69, 9.17) is 10.3 Å². The van der Waals surface area contributed by atoms with Crippen LogP contribution in [-0.2, 0) is 19.6 Å². The van der Waals surface area contributed by atoms with E-state index in [0.717, 1.165) is 6.92 Å². The van der Waals surface area contributed by atoms with Crippen LogP contribution in [0.1, 0.15) is 6.92 Å². The fourth-order valence-electron chi connectivity index (χ4n) is 0.416. The molecule has 0 bridgehead atoms. The van der Waals surface area contributed by atoms with Crippen LogP contribution < -0.4 is 5.73 Å². The smallest absolute Gasteiger partial charge is 0.304 e. The Hall–Kier alpha value is -0.660. The molecule has 6 nitrogen and oxygen atoms in total. The molecule has 0 aliphatic heterocycles. The molecule has 0 rings (SSSR count). The van der Waals surface area contributed by atoms with Crippen molar-refractivity contribution in [3.8, 4) is 0 Å². The van der Waals surface area contributed by atoms with Crippen LogP contribution in [0.15, 0.2) is 0 Å². The van der Waals surface area contributed by atoms with Crippen molar-refractivity contribution < 1.29 is 22.5 Å². The predicted octanol–water partition coefficient (Wildman–Crippen LogP) is -1.28. The molecule has 0 aliphatic rings. The maximum absolute atomic E-state index is 10.3. The molecule has 11 heavy (non-hydrogen) atoms. The van der Waals surface area contributed by atoms with Gasteiger partial charge in [0.05, 0.1) is 0 Å². The molecule has 0 aliphatic carbocycles. The van der Waals surface area contributed by atoms with Crippen LogP contribution in [0.2, 0.25) is 0 Å². The van der Waals surface area contributed by atoms with E-state index < -0.39 is 28.1 Å². The molecule has 0 aromatic rings. The fourth-order valence-corrected chi connectivity index (χ4v) is 0.916. The largest absolute Gasteiger partial charge is 0.442 e. The number of nitrogens with two attached hydrogens (primary N) is 1. The minimum absolute atomic E-state index is 0.460. The van der Waals surface area contributed by atoms with Crippen LogP contribution >= 0.6 is 0 Å². The summed E-state index contributed by atoms with van der Waals surface area (Å²) in [6, 6.07) is 0. The molecule has 0 saturated carbocycles. The van der Waals surface area contributed by atoms with Crippen LogP contribution in [0.4, 0.5) is 0 Å². The molecule has 1 atom stereocenters. The molecule has 0 saturated heterocycles. The zero-order valence-electron chi connectivity index (χ0n) is 5.85. The van der Waals surface area contributed by atoms with Crippen molar-refractivity contribution >= 4 is 16.1 Å². The standard InChI is InChI=1S/C4H9NO5S/c1-3(6)10-4(2-5)11(7,8)9/h4H,2,5H2,1H3,(H,7,8,9). The van der Waals surface area contributed by atoms with Gasteiger partial charge in [-0.2, -0.15) is 8.42 Å². The number of rotatable bonds is 3. The van der Waals surface area contributed by atoms with Gasteiger partial charge in [0.25, 0.3) is 0 Å². The van der Waals surface area contributed by atoms with Gasteiger partial charge >= 0.3 is 16.1 Å². The summed E-state index contributed by atoms with van der Waals surface area (Å²) in [6.45, 7) is 0.562. The predicted molar refractivity (Wildman–Crippen MR) is 36.2 cm³/mol. The van der Waals surface area contributed by atoms with Crippen molar-refractivity contribution in [1.29, 1.82) is 0 Å². The van der Waals surface area contributed by atoms with E-state index in [1.54, 1.807) is 0 Å². The molecule has 0 aromatic heterocycles. The third kappa shape index (κ3) is 3.91. The first kappa shape index (κ1) is 10.3. The van der Waals surface area contributed by atoms with Gasteiger partial charge < -0.3 is 10.5 Å². The summed E-state index contributed by atoms with van der Waals surface area (Å²) in [5.41, 5.74) is 3.24. The highest BCUT2D eigenvalue weighted by atomic mass is 32.2. The minimum Gasteiger partial charge on any atom is -0.442 e. The monoisotopic (exact) mass is 183 g/mol. The molecule has 1 unspecified atom stereocenters. The quantitative estimate of drug-likeness (QED) is 0.417. The summed E-state index contributed by atoms with van der Waals surface area (Å²) in [5.74, 6) is -0.807. The highest BCUT2D eigenvalue weighted by Crippen LogP contribution is 1.98. The van der Waals surface area contributed by atoms with Gasteiger partial charge in [-0.3, -0.25) is 9.35 Å². The van der Waals surface area contributed by atoms with Gasteiger partial charge in [0, 0.05) is 13.5 Å². The number of hydrogen-bond donors (Lipinski definition) is 2. The summed E-state index contributed by atoms with van der Waals surface area (Å²) in [5, 5.41) is 0. The molecule has 7 heteroatoms. The summed E-state index contributed by atoms with van der Waals surface area (Å²) >= 11 is 0. The third-order valence-corrected chi connectivity index (χ3v) is 1.78. The van der Waals surface area contributed by atoms with E-state index in [-0.39, 0.29) is 0 Å². The second kappa shape index (κ2) is 3.65. The Morgan fingerprint density at radius 3 is 2.27 bits per heavy atom. The number of carbonyl (C=O) groups excluding carboxylic acids is 1. The Labute approximate surface area is 64.1 Å². The number of esters is 1. The van der Waals surface area contributed by atoms with Crippen molar-refractivity contribution in [3.05, 3.63) is 0 Å². The lowest BCUT2D eigenvalue weighted by Gasteiger charge is -2.10. The van der Waals surface area contributed by atoms with E-state index in [2.05, 4.69) is 4.74 Å². The summed E-state index contributed by atoms with van der Waals surface area (Å²) in [6.07, 6.45) is 0. The van der Waals surface area contributed by atoms with Gasteiger partial charge in [-0.15, -0.1) is 0 Å².